The first-order valence-corrected chi connectivity index (χ1v) is 7.00. The molecule has 0 radical (unpaired) electrons. The van der Waals surface area contributed by atoms with Crippen LogP contribution in [0.15, 0.2) is 4.99 Å². The Labute approximate surface area is 108 Å². The number of nitrogens with zero attached hydrogens (tertiary/aromatic N) is 1. The first kappa shape index (κ1) is 12.0. The molecule has 2 bridgehead atoms. The summed E-state index contributed by atoms with van der Waals surface area (Å²) in [5.41, 5.74) is 0. The molecule has 2 fully saturated rings. The lowest BCUT2D eigenvalue weighted by Gasteiger charge is -2.27. The Morgan fingerprint density at radius 3 is 2.67 bits per heavy atom. The van der Waals surface area contributed by atoms with Crippen LogP contribution in [0.5, 0.6) is 0 Å². The molecule has 1 N–H and O–H groups in total. The van der Waals surface area contributed by atoms with Crippen LogP contribution in [0.4, 0.5) is 0 Å². The maximum Gasteiger partial charge on any atom is 0.232 e. The third kappa shape index (κ3) is 1.91. The Balaban J connectivity index is 1.73. The largest absolute Gasteiger partial charge is 0.550 e. The summed E-state index contributed by atoms with van der Waals surface area (Å²) < 4.78 is 5.52. The molecule has 3 heterocycles. The second kappa shape index (κ2) is 4.55. The molecule has 4 atom stereocenters. The van der Waals surface area contributed by atoms with Crippen LogP contribution < -0.4 is 10.4 Å². The average molecular weight is 269 g/mol. The lowest BCUT2D eigenvalue weighted by molar-refractivity contribution is -0.314. The van der Waals surface area contributed by atoms with Crippen molar-refractivity contribution in [3.05, 3.63) is 0 Å². The number of fused-ring (bicyclic) bond motifs is 2. The van der Waals surface area contributed by atoms with Crippen LogP contribution in [0.25, 0.3) is 0 Å². The van der Waals surface area contributed by atoms with Crippen LogP contribution in [0.1, 0.15) is 12.8 Å². The van der Waals surface area contributed by atoms with Crippen LogP contribution >= 0.6 is 11.8 Å². The molecule has 0 saturated carbocycles. The highest BCUT2D eigenvalue weighted by atomic mass is 32.2. The van der Waals surface area contributed by atoms with Crippen LogP contribution in [0.2, 0.25) is 0 Å². The Kier molecular flexibility index (Phi) is 3.03. The molecule has 98 valence electrons. The minimum Gasteiger partial charge on any atom is -0.550 e. The molecule has 18 heavy (non-hydrogen) atoms. The molecule has 0 aromatic heterocycles. The van der Waals surface area contributed by atoms with Crippen LogP contribution in [-0.4, -0.2) is 41.5 Å². The van der Waals surface area contributed by atoms with E-state index >= 15 is 0 Å². The lowest BCUT2D eigenvalue weighted by Crippen LogP contribution is -2.48. The number of carbonyl (C=O) groups is 2. The quantitative estimate of drug-likeness (QED) is 0.676. The number of carbonyl (C=O) groups excluding carboxylic acids is 2. The number of amides is 1. The molecule has 1 amide bonds. The van der Waals surface area contributed by atoms with Gasteiger partial charge in [-0.1, -0.05) is 11.8 Å². The van der Waals surface area contributed by atoms with Crippen molar-refractivity contribution in [2.45, 2.75) is 25.0 Å². The van der Waals surface area contributed by atoms with E-state index in [1.165, 1.54) is 11.8 Å². The minimum absolute atomic E-state index is 0.287. The van der Waals surface area contributed by atoms with E-state index in [1.807, 2.05) is 0 Å². The normalized spacial score (nSPS) is 37.7. The van der Waals surface area contributed by atoms with Gasteiger partial charge in [-0.15, -0.1) is 0 Å². The number of amidine groups is 1. The summed E-state index contributed by atoms with van der Waals surface area (Å²) in [6.45, 7) is 0.692. The van der Waals surface area contributed by atoms with Crippen molar-refractivity contribution in [3.8, 4) is 0 Å². The predicted molar refractivity (Wildman–Crippen MR) is 62.8 cm³/mol. The van der Waals surface area contributed by atoms with E-state index < -0.39 is 17.8 Å². The van der Waals surface area contributed by atoms with E-state index in [0.717, 1.165) is 12.2 Å². The van der Waals surface area contributed by atoms with Gasteiger partial charge < -0.3 is 20.0 Å². The van der Waals surface area contributed by atoms with Crippen molar-refractivity contribution in [2.75, 3.05) is 12.3 Å². The fourth-order valence-electron chi connectivity index (χ4n) is 2.91. The predicted octanol–water partition coefficient (Wildman–Crippen LogP) is -1.25. The Morgan fingerprint density at radius 1 is 1.33 bits per heavy atom. The number of carboxylic acid groups (broad SMARTS) is 1. The van der Waals surface area contributed by atoms with Gasteiger partial charge in [0.2, 0.25) is 5.91 Å². The molecule has 0 aromatic carbocycles. The molecule has 2 saturated heterocycles. The molecule has 7 heteroatoms. The second-order valence-corrected chi connectivity index (χ2v) is 5.77. The highest BCUT2D eigenvalue weighted by Gasteiger charge is 2.52. The molecular formula is C11H13N2O4S-. The number of aliphatic carboxylic acids is 1. The Bertz CT molecular complexity index is 425. The van der Waals surface area contributed by atoms with Gasteiger partial charge in [0, 0.05) is 17.6 Å². The zero-order valence-electron chi connectivity index (χ0n) is 9.63. The van der Waals surface area contributed by atoms with Crippen LogP contribution in [0, 0.1) is 11.8 Å². The number of carboxylic acids is 1. The number of hydrogen-bond donors (Lipinski definition) is 1. The van der Waals surface area contributed by atoms with E-state index in [1.54, 1.807) is 0 Å². The van der Waals surface area contributed by atoms with Crippen molar-refractivity contribution < 1.29 is 19.4 Å². The van der Waals surface area contributed by atoms with E-state index in [0.29, 0.717) is 18.1 Å². The Hall–Kier alpha value is -1.08. The minimum atomic E-state index is -1.19. The van der Waals surface area contributed by atoms with Crippen LogP contribution in [0.3, 0.4) is 0 Å². The molecule has 0 aromatic rings. The van der Waals surface area contributed by atoms with Gasteiger partial charge in [-0.3, -0.25) is 9.79 Å². The van der Waals surface area contributed by atoms with Crippen molar-refractivity contribution >= 4 is 28.8 Å². The zero-order valence-corrected chi connectivity index (χ0v) is 10.4. The summed E-state index contributed by atoms with van der Waals surface area (Å²) in [4.78, 5) is 27.4. The van der Waals surface area contributed by atoms with Gasteiger partial charge in [-0.2, -0.15) is 0 Å². The summed E-state index contributed by atoms with van der Waals surface area (Å²) in [5.74, 6) is -2.10. The Morgan fingerprint density at radius 2 is 2.06 bits per heavy atom. The van der Waals surface area contributed by atoms with Crippen molar-refractivity contribution in [1.82, 2.24) is 5.32 Å². The fourth-order valence-corrected chi connectivity index (χ4v) is 3.64. The molecule has 3 rings (SSSR count). The summed E-state index contributed by atoms with van der Waals surface area (Å²) in [6, 6.07) is 0. The monoisotopic (exact) mass is 269 g/mol. The van der Waals surface area contributed by atoms with Crippen molar-refractivity contribution in [3.63, 3.8) is 0 Å². The SMILES string of the molecule is O=C([O-])C1C2CCC(O2)C1C(=O)NC1=NCCS1. The van der Waals surface area contributed by atoms with E-state index in [-0.39, 0.29) is 18.1 Å². The van der Waals surface area contributed by atoms with Gasteiger partial charge in [0.1, 0.15) is 0 Å². The van der Waals surface area contributed by atoms with Gasteiger partial charge >= 0.3 is 0 Å². The smallest absolute Gasteiger partial charge is 0.232 e. The standard InChI is InChI=1S/C11H14N2O4S/c14-9(13-11-12-3-4-18-11)7-5-1-2-6(17-5)8(7)10(15)16/h5-8H,1-4H2,(H,15,16)(H,12,13,14)/p-1. The van der Waals surface area contributed by atoms with E-state index in [4.69, 9.17) is 4.74 Å². The zero-order chi connectivity index (χ0) is 12.7. The maximum atomic E-state index is 12.1. The van der Waals surface area contributed by atoms with Crippen molar-refractivity contribution in [2.24, 2.45) is 16.8 Å². The molecule has 3 aliphatic rings. The molecule has 6 nitrogen and oxygen atoms in total. The van der Waals surface area contributed by atoms with Gasteiger partial charge in [-0.25, -0.2) is 0 Å². The summed E-state index contributed by atoms with van der Waals surface area (Å²) in [6.07, 6.45) is 0.786. The third-order valence-corrected chi connectivity index (χ3v) is 4.56. The highest BCUT2D eigenvalue weighted by molar-refractivity contribution is 8.14. The fraction of sp³-hybridized carbons (Fsp3) is 0.727. The van der Waals surface area contributed by atoms with Gasteiger partial charge in [0.05, 0.1) is 24.7 Å². The number of ether oxygens (including phenoxy) is 1. The summed E-state index contributed by atoms with van der Waals surface area (Å²) in [5, 5.41) is 14.4. The number of hydrogen-bond acceptors (Lipinski definition) is 6. The van der Waals surface area contributed by atoms with E-state index in [2.05, 4.69) is 10.3 Å². The topological polar surface area (TPSA) is 90.8 Å². The first-order valence-electron chi connectivity index (χ1n) is 6.01. The summed E-state index contributed by atoms with van der Waals surface area (Å²) >= 11 is 1.47. The number of aliphatic imine (C=N–C) groups is 1. The van der Waals surface area contributed by atoms with Crippen molar-refractivity contribution in [1.29, 1.82) is 0 Å². The molecule has 0 spiro atoms. The molecule has 4 unspecified atom stereocenters. The van der Waals surface area contributed by atoms with Gasteiger partial charge in [-0.05, 0) is 12.8 Å². The van der Waals surface area contributed by atoms with Gasteiger partial charge in [0.25, 0.3) is 0 Å². The van der Waals surface area contributed by atoms with Crippen LogP contribution in [-0.2, 0) is 14.3 Å². The van der Waals surface area contributed by atoms with Gasteiger partial charge in [0.15, 0.2) is 5.17 Å². The number of nitrogens with one attached hydrogen (secondary N) is 1. The summed E-state index contributed by atoms with van der Waals surface area (Å²) in [7, 11) is 0. The first-order chi connectivity index (χ1) is 8.66. The molecule has 3 aliphatic heterocycles. The number of rotatable bonds is 2. The maximum absolute atomic E-state index is 12.1. The lowest BCUT2D eigenvalue weighted by atomic mass is 9.79. The molecular weight excluding hydrogens is 256 g/mol. The second-order valence-electron chi connectivity index (χ2n) is 4.69. The number of thioether (sulfide) groups is 1. The third-order valence-electron chi connectivity index (χ3n) is 3.66. The molecule has 0 aliphatic carbocycles. The average Bonchev–Trinajstić information content (AvgIpc) is 3.03. The highest BCUT2D eigenvalue weighted by Crippen LogP contribution is 2.43. The van der Waals surface area contributed by atoms with E-state index in [9.17, 15) is 14.7 Å².